The highest BCUT2D eigenvalue weighted by Gasteiger charge is 2.05. The summed E-state index contributed by atoms with van der Waals surface area (Å²) in [6.07, 6.45) is 6.30. The number of methoxy groups -OCH3 is 1. The first kappa shape index (κ1) is 17.6. The SMILES string of the molecule is COC(=O)CCCCCn1cc(CN(C)CCCN)nn1. The van der Waals surface area contributed by atoms with Crippen molar-refractivity contribution in [2.75, 3.05) is 27.2 Å². The number of aromatic nitrogens is 3. The average Bonchev–Trinajstić information content (AvgIpc) is 2.91. The van der Waals surface area contributed by atoms with Gasteiger partial charge in [-0.2, -0.15) is 0 Å². The molecule has 1 aromatic heterocycles. The summed E-state index contributed by atoms with van der Waals surface area (Å²) in [6.45, 7) is 3.31. The summed E-state index contributed by atoms with van der Waals surface area (Å²) in [7, 11) is 3.48. The molecule has 0 amide bonds. The molecule has 0 atom stereocenters. The number of esters is 1. The van der Waals surface area contributed by atoms with Gasteiger partial charge in [0.25, 0.3) is 0 Å². The van der Waals surface area contributed by atoms with Gasteiger partial charge < -0.3 is 15.4 Å². The molecule has 120 valence electrons. The van der Waals surface area contributed by atoms with Crippen molar-refractivity contribution in [2.24, 2.45) is 5.73 Å². The Labute approximate surface area is 126 Å². The van der Waals surface area contributed by atoms with E-state index in [9.17, 15) is 4.79 Å². The largest absolute Gasteiger partial charge is 0.469 e. The quantitative estimate of drug-likeness (QED) is 0.480. The summed E-state index contributed by atoms with van der Waals surface area (Å²) in [5.74, 6) is -0.140. The number of unbranched alkanes of at least 4 members (excludes halogenated alkanes) is 2. The van der Waals surface area contributed by atoms with Gasteiger partial charge in [0.05, 0.1) is 12.8 Å². The predicted octanol–water partition coefficient (Wildman–Crippen LogP) is 0.792. The van der Waals surface area contributed by atoms with E-state index in [0.29, 0.717) is 13.0 Å². The zero-order valence-electron chi connectivity index (χ0n) is 13.1. The molecular weight excluding hydrogens is 270 g/mol. The molecule has 0 aliphatic heterocycles. The Kier molecular flexibility index (Phi) is 8.61. The van der Waals surface area contributed by atoms with Gasteiger partial charge in [0.2, 0.25) is 0 Å². The van der Waals surface area contributed by atoms with Gasteiger partial charge in [0.1, 0.15) is 0 Å². The van der Waals surface area contributed by atoms with Crippen LogP contribution in [0.25, 0.3) is 0 Å². The molecule has 0 spiro atoms. The molecule has 2 N–H and O–H groups in total. The summed E-state index contributed by atoms with van der Waals surface area (Å²) in [5.41, 5.74) is 6.47. The third-order valence-corrected chi connectivity index (χ3v) is 3.26. The van der Waals surface area contributed by atoms with E-state index in [2.05, 4.69) is 27.0 Å². The number of aryl methyl sites for hydroxylation is 1. The molecule has 1 rings (SSSR count). The van der Waals surface area contributed by atoms with Crippen LogP contribution in [0, 0.1) is 0 Å². The van der Waals surface area contributed by atoms with E-state index < -0.39 is 0 Å². The minimum atomic E-state index is -0.140. The van der Waals surface area contributed by atoms with E-state index in [1.165, 1.54) is 7.11 Å². The van der Waals surface area contributed by atoms with Gasteiger partial charge in [-0.3, -0.25) is 9.48 Å². The normalized spacial score (nSPS) is 11.0. The van der Waals surface area contributed by atoms with Gasteiger partial charge >= 0.3 is 5.97 Å². The first-order valence-corrected chi connectivity index (χ1v) is 7.50. The Hall–Kier alpha value is -1.47. The molecule has 0 bridgehead atoms. The first-order chi connectivity index (χ1) is 10.2. The third-order valence-electron chi connectivity index (χ3n) is 3.26. The molecule has 1 heterocycles. The highest BCUT2D eigenvalue weighted by molar-refractivity contribution is 5.68. The number of carbonyl (C=O) groups is 1. The van der Waals surface area contributed by atoms with E-state index in [1.54, 1.807) is 0 Å². The average molecular weight is 297 g/mol. The summed E-state index contributed by atoms with van der Waals surface area (Å²) in [4.78, 5) is 13.2. The van der Waals surface area contributed by atoms with Crippen molar-refractivity contribution < 1.29 is 9.53 Å². The Bertz CT molecular complexity index is 408. The van der Waals surface area contributed by atoms with Crippen molar-refractivity contribution in [3.05, 3.63) is 11.9 Å². The number of nitrogens with zero attached hydrogens (tertiary/aromatic N) is 4. The lowest BCUT2D eigenvalue weighted by molar-refractivity contribution is -0.140. The topological polar surface area (TPSA) is 86.3 Å². The molecule has 0 aliphatic rings. The molecule has 7 nitrogen and oxygen atoms in total. The van der Waals surface area contributed by atoms with Crippen LogP contribution in [-0.2, 0) is 22.6 Å². The van der Waals surface area contributed by atoms with E-state index in [4.69, 9.17) is 5.73 Å². The molecule has 0 fully saturated rings. The standard InChI is InChI=1S/C14H27N5O2/c1-18(9-6-8-15)11-13-12-19(17-16-13)10-5-3-4-7-14(20)21-2/h12H,3-11,15H2,1-2H3. The van der Waals surface area contributed by atoms with Crippen LogP contribution in [0.5, 0.6) is 0 Å². The Morgan fingerprint density at radius 2 is 2.19 bits per heavy atom. The zero-order chi connectivity index (χ0) is 15.5. The number of carbonyl (C=O) groups excluding carboxylic acids is 1. The van der Waals surface area contributed by atoms with E-state index in [1.807, 2.05) is 10.9 Å². The second kappa shape index (κ2) is 10.3. The molecule has 0 aromatic carbocycles. The molecular formula is C14H27N5O2. The second-order valence-corrected chi connectivity index (χ2v) is 5.24. The number of nitrogens with two attached hydrogens (primary N) is 1. The van der Waals surface area contributed by atoms with Crippen molar-refractivity contribution >= 4 is 5.97 Å². The lowest BCUT2D eigenvalue weighted by atomic mass is 10.2. The fraction of sp³-hybridized carbons (Fsp3) is 0.786. The van der Waals surface area contributed by atoms with Crippen LogP contribution in [-0.4, -0.2) is 53.1 Å². The van der Waals surface area contributed by atoms with Gasteiger partial charge in [0, 0.05) is 25.7 Å². The van der Waals surface area contributed by atoms with Crippen LogP contribution in [0.2, 0.25) is 0 Å². The van der Waals surface area contributed by atoms with E-state index in [-0.39, 0.29) is 5.97 Å². The number of rotatable bonds is 11. The number of hydrogen-bond acceptors (Lipinski definition) is 6. The van der Waals surface area contributed by atoms with Crippen molar-refractivity contribution in [3.8, 4) is 0 Å². The van der Waals surface area contributed by atoms with Crippen molar-refractivity contribution in [1.82, 2.24) is 19.9 Å². The zero-order valence-corrected chi connectivity index (χ0v) is 13.1. The maximum Gasteiger partial charge on any atom is 0.305 e. The summed E-state index contributed by atoms with van der Waals surface area (Å²) < 4.78 is 6.47. The molecule has 7 heteroatoms. The van der Waals surface area contributed by atoms with Gasteiger partial charge in [-0.15, -0.1) is 5.10 Å². The summed E-state index contributed by atoms with van der Waals surface area (Å²) in [6, 6.07) is 0. The number of hydrogen-bond donors (Lipinski definition) is 1. The van der Waals surface area contributed by atoms with Crippen LogP contribution in [0.4, 0.5) is 0 Å². The van der Waals surface area contributed by atoms with Crippen LogP contribution in [0.15, 0.2) is 6.20 Å². The molecule has 1 aromatic rings. The van der Waals surface area contributed by atoms with Gasteiger partial charge in [-0.1, -0.05) is 11.6 Å². The number of ether oxygens (including phenoxy) is 1. The molecule has 0 unspecified atom stereocenters. The Morgan fingerprint density at radius 3 is 2.90 bits per heavy atom. The first-order valence-electron chi connectivity index (χ1n) is 7.50. The molecule has 0 saturated carbocycles. The van der Waals surface area contributed by atoms with Crippen molar-refractivity contribution in [3.63, 3.8) is 0 Å². The lowest BCUT2D eigenvalue weighted by Crippen LogP contribution is -2.21. The van der Waals surface area contributed by atoms with Crippen LogP contribution in [0.3, 0.4) is 0 Å². The molecule has 21 heavy (non-hydrogen) atoms. The molecule has 0 saturated heterocycles. The molecule has 0 aliphatic carbocycles. The minimum Gasteiger partial charge on any atom is -0.469 e. The third kappa shape index (κ3) is 7.77. The van der Waals surface area contributed by atoms with Crippen molar-refractivity contribution in [2.45, 2.75) is 45.2 Å². The fourth-order valence-electron chi connectivity index (χ4n) is 2.06. The van der Waals surface area contributed by atoms with Crippen LogP contribution >= 0.6 is 0 Å². The highest BCUT2D eigenvalue weighted by Crippen LogP contribution is 2.04. The second-order valence-electron chi connectivity index (χ2n) is 5.24. The fourth-order valence-corrected chi connectivity index (χ4v) is 2.06. The van der Waals surface area contributed by atoms with Crippen LogP contribution < -0.4 is 5.73 Å². The van der Waals surface area contributed by atoms with Gasteiger partial charge in [-0.25, -0.2) is 0 Å². The highest BCUT2D eigenvalue weighted by atomic mass is 16.5. The van der Waals surface area contributed by atoms with Gasteiger partial charge in [-0.05, 0) is 39.4 Å². The Morgan fingerprint density at radius 1 is 1.38 bits per heavy atom. The monoisotopic (exact) mass is 297 g/mol. The predicted molar refractivity (Wildman–Crippen MR) is 80.5 cm³/mol. The summed E-state index contributed by atoms with van der Waals surface area (Å²) in [5, 5.41) is 8.29. The maximum absolute atomic E-state index is 11.0. The summed E-state index contributed by atoms with van der Waals surface area (Å²) >= 11 is 0. The van der Waals surface area contributed by atoms with Crippen molar-refractivity contribution in [1.29, 1.82) is 0 Å². The van der Waals surface area contributed by atoms with Gasteiger partial charge in [0.15, 0.2) is 0 Å². The maximum atomic E-state index is 11.0. The lowest BCUT2D eigenvalue weighted by Gasteiger charge is -2.13. The van der Waals surface area contributed by atoms with Crippen LogP contribution in [0.1, 0.15) is 37.8 Å². The van der Waals surface area contributed by atoms with E-state index in [0.717, 1.165) is 51.0 Å². The smallest absolute Gasteiger partial charge is 0.305 e. The minimum absolute atomic E-state index is 0.140. The van der Waals surface area contributed by atoms with E-state index >= 15 is 0 Å². The molecule has 0 radical (unpaired) electrons. The Balaban J connectivity index is 2.18.